The first-order valence-corrected chi connectivity index (χ1v) is 9.13. The van der Waals surface area contributed by atoms with E-state index in [1.807, 2.05) is 30.3 Å². The summed E-state index contributed by atoms with van der Waals surface area (Å²) in [6, 6.07) is 13.3. The van der Waals surface area contributed by atoms with Gasteiger partial charge in [0.1, 0.15) is 18.0 Å². The highest BCUT2D eigenvalue weighted by Crippen LogP contribution is 2.31. The summed E-state index contributed by atoms with van der Waals surface area (Å²) >= 11 is 0. The second-order valence-corrected chi connectivity index (χ2v) is 6.89. The van der Waals surface area contributed by atoms with Crippen molar-refractivity contribution in [2.45, 2.75) is 25.0 Å². The van der Waals surface area contributed by atoms with Gasteiger partial charge >= 0.3 is 0 Å². The van der Waals surface area contributed by atoms with E-state index in [4.69, 9.17) is 0 Å². The van der Waals surface area contributed by atoms with Crippen LogP contribution >= 0.6 is 0 Å². The minimum absolute atomic E-state index is 0.135. The van der Waals surface area contributed by atoms with Crippen molar-refractivity contribution in [2.24, 2.45) is 0 Å². The smallest absolute Gasteiger partial charge is 0.245 e. The molecule has 144 valence electrons. The maximum absolute atomic E-state index is 13.6. The van der Waals surface area contributed by atoms with Crippen LogP contribution in [0.4, 0.5) is 4.39 Å². The van der Waals surface area contributed by atoms with E-state index in [2.05, 4.69) is 15.6 Å². The molecule has 4 N–H and O–H groups in total. The number of aromatic nitrogens is 1. The predicted molar refractivity (Wildman–Crippen MR) is 103 cm³/mol. The van der Waals surface area contributed by atoms with Gasteiger partial charge in [-0.2, -0.15) is 0 Å². The largest absolute Gasteiger partial charge is 0.389 e. The van der Waals surface area contributed by atoms with Crippen LogP contribution in [0.2, 0.25) is 0 Å². The summed E-state index contributed by atoms with van der Waals surface area (Å²) in [4.78, 5) is 27.3. The van der Waals surface area contributed by atoms with Crippen molar-refractivity contribution >= 4 is 22.7 Å². The number of halogens is 1. The summed E-state index contributed by atoms with van der Waals surface area (Å²) in [5.74, 6) is -1.04. The van der Waals surface area contributed by atoms with Gasteiger partial charge in [-0.15, -0.1) is 0 Å². The predicted octanol–water partition coefficient (Wildman–Crippen LogP) is 1.88. The fourth-order valence-electron chi connectivity index (χ4n) is 3.59. The topological polar surface area (TPSA) is 94.2 Å². The van der Waals surface area contributed by atoms with Gasteiger partial charge in [0.05, 0.1) is 0 Å². The summed E-state index contributed by atoms with van der Waals surface area (Å²) in [5, 5.41) is 15.7. The molecule has 6 nitrogen and oxygen atoms in total. The zero-order valence-electron chi connectivity index (χ0n) is 15.0. The number of β-amino-alcohol motifs (C(OH)–C–C–N with tert-alkyl or cyclic N) is 1. The quantitative estimate of drug-likeness (QED) is 0.544. The second kappa shape index (κ2) is 7.44. The van der Waals surface area contributed by atoms with E-state index in [9.17, 15) is 19.1 Å². The summed E-state index contributed by atoms with van der Waals surface area (Å²) in [5.41, 5.74) is 3.36. The molecule has 0 spiro atoms. The van der Waals surface area contributed by atoms with Crippen molar-refractivity contribution in [3.05, 3.63) is 59.9 Å². The Morgan fingerprint density at radius 2 is 2.00 bits per heavy atom. The number of amides is 2. The molecule has 1 saturated heterocycles. The number of nitrogens with one attached hydrogen (secondary N) is 3. The van der Waals surface area contributed by atoms with Gasteiger partial charge in [-0.1, -0.05) is 30.3 Å². The second-order valence-electron chi connectivity index (χ2n) is 6.89. The van der Waals surface area contributed by atoms with E-state index >= 15 is 0 Å². The van der Waals surface area contributed by atoms with E-state index in [0.717, 1.165) is 22.2 Å². The summed E-state index contributed by atoms with van der Waals surface area (Å²) in [6.45, 7) is 0.135. The Bertz CT molecular complexity index is 1030. The van der Waals surface area contributed by atoms with E-state index in [0.29, 0.717) is 11.9 Å². The molecule has 0 aliphatic carbocycles. The Balaban J connectivity index is 1.59. The lowest BCUT2D eigenvalue weighted by Crippen LogP contribution is -2.45. The van der Waals surface area contributed by atoms with Gasteiger partial charge in [-0.25, -0.2) is 4.39 Å². The number of aliphatic hydroxyl groups excluding tert-OH is 1. The zero-order chi connectivity index (χ0) is 19.7. The van der Waals surface area contributed by atoms with Crippen LogP contribution in [-0.2, 0) is 16.0 Å². The summed E-state index contributed by atoms with van der Waals surface area (Å²) in [6.07, 6.45) is -0.375. The molecule has 0 radical (unpaired) electrons. The number of hydrogen-bond acceptors (Lipinski definition) is 3. The van der Waals surface area contributed by atoms with Gasteiger partial charge in [0.25, 0.3) is 0 Å². The molecule has 7 heteroatoms. The number of aryl methyl sites for hydroxylation is 1. The van der Waals surface area contributed by atoms with Gasteiger partial charge in [0, 0.05) is 29.6 Å². The fourth-order valence-corrected chi connectivity index (χ4v) is 3.59. The molecule has 1 fully saturated rings. The minimum Gasteiger partial charge on any atom is -0.389 e. The van der Waals surface area contributed by atoms with Gasteiger partial charge in [0.15, 0.2) is 0 Å². The molecule has 3 aromatic rings. The number of rotatable bonds is 5. The molecular formula is C21H20FN3O3. The first-order valence-electron chi connectivity index (χ1n) is 9.13. The lowest BCUT2D eigenvalue weighted by atomic mass is 10.0. The van der Waals surface area contributed by atoms with Crippen LogP contribution in [0.15, 0.2) is 48.5 Å². The van der Waals surface area contributed by atoms with Crippen LogP contribution in [0.1, 0.15) is 12.0 Å². The van der Waals surface area contributed by atoms with Gasteiger partial charge in [0.2, 0.25) is 11.8 Å². The molecule has 0 saturated carbocycles. The molecule has 0 bridgehead atoms. The number of aromatic amines is 1. The standard InChI is InChI=1S/C21H20FN3O3/c22-13-6-7-14-15(8-9-18(27)25-20-17(26)11-23-21(20)28)19(24-16(14)10-13)12-4-2-1-3-5-12/h1-7,10,17,20,24,26H,8-9,11H2,(H,23,28)(H,25,27)/t17-,20+/m1/s1. The zero-order valence-corrected chi connectivity index (χ0v) is 15.0. The Morgan fingerprint density at radius 3 is 2.71 bits per heavy atom. The summed E-state index contributed by atoms with van der Waals surface area (Å²) in [7, 11) is 0. The summed E-state index contributed by atoms with van der Waals surface area (Å²) < 4.78 is 13.6. The lowest BCUT2D eigenvalue weighted by Gasteiger charge is -2.13. The lowest BCUT2D eigenvalue weighted by molar-refractivity contribution is -0.128. The molecular weight excluding hydrogens is 361 g/mol. The molecule has 1 aliphatic rings. The average molecular weight is 381 g/mol. The van der Waals surface area contributed by atoms with Crippen LogP contribution in [0.5, 0.6) is 0 Å². The van der Waals surface area contributed by atoms with Crippen molar-refractivity contribution in [2.75, 3.05) is 6.54 Å². The van der Waals surface area contributed by atoms with Crippen molar-refractivity contribution in [3.8, 4) is 11.3 Å². The number of hydrogen-bond donors (Lipinski definition) is 4. The molecule has 28 heavy (non-hydrogen) atoms. The van der Waals surface area contributed by atoms with Crippen LogP contribution < -0.4 is 10.6 Å². The Hall–Kier alpha value is -3.19. The fraction of sp³-hybridized carbons (Fsp3) is 0.238. The van der Waals surface area contributed by atoms with Crippen LogP contribution in [0.3, 0.4) is 0 Å². The molecule has 1 aromatic heterocycles. The number of aliphatic hydroxyl groups is 1. The van der Waals surface area contributed by atoms with Crippen LogP contribution in [0.25, 0.3) is 22.2 Å². The van der Waals surface area contributed by atoms with Crippen molar-refractivity contribution in [1.82, 2.24) is 15.6 Å². The van der Waals surface area contributed by atoms with E-state index < -0.39 is 12.1 Å². The first-order chi connectivity index (χ1) is 13.5. The maximum Gasteiger partial charge on any atom is 0.245 e. The minimum atomic E-state index is -0.924. The molecule has 2 aromatic carbocycles. The molecule has 0 unspecified atom stereocenters. The average Bonchev–Trinajstić information content (AvgIpc) is 3.21. The Labute approximate surface area is 160 Å². The van der Waals surface area contributed by atoms with Crippen LogP contribution in [0, 0.1) is 5.82 Å². The molecule has 2 heterocycles. The Kier molecular flexibility index (Phi) is 4.83. The monoisotopic (exact) mass is 381 g/mol. The van der Waals surface area contributed by atoms with Gasteiger partial charge in [-0.05, 0) is 35.7 Å². The van der Waals surface area contributed by atoms with Crippen LogP contribution in [-0.4, -0.2) is 40.6 Å². The van der Waals surface area contributed by atoms with Crippen molar-refractivity contribution in [1.29, 1.82) is 0 Å². The third-order valence-electron chi connectivity index (χ3n) is 5.00. The highest BCUT2D eigenvalue weighted by molar-refractivity contribution is 5.92. The van der Waals surface area contributed by atoms with Crippen molar-refractivity contribution in [3.63, 3.8) is 0 Å². The number of H-pyrrole nitrogens is 1. The third kappa shape index (κ3) is 3.48. The highest BCUT2D eigenvalue weighted by Gasteiger charge is 2.34. The Morgan fingerprint density at radius 1 is 1.21 bits per heavy atom. The van der Waals surface area contributed by atoms with E-state index in [1.165, 1.54) is 12.1 Å². The third-order valence-corrected chi connectivity index (χ3v) is 5.00. The number of carbonyl (C=O) groups is 2. The SMILES string of the molecule is O=C(CCc1c(-c2ccccc2)[nH]c2cc(F)ccc12)N[C@@H]1C(=O)NC[C@H]1O. The number of fused-ring (bicyclic) bond motifs is 1. The molecule has 2 amide bonds. The maximum atomic E-state index is 13.6. The van der Waals surface area contributed by atoms with Gasteiger partial charge < -0.3 is 20.7 Å². The number of carbonyl (C=O) groups excluding carboxylic acids is 2. The van der Waals surface area contributed by atoms with Gasteiger partial charge in [-0.3, -0.25) is 9.59 Å². The van der Waals surface area contributed by atoms with E-state index in [1.54, 1.807) is 6.07 Å². The van der Waals surface area contributed by atoms with E-state index in [-0.39, 0.29) is 30.6 Å². The molecule has 1 aliphatic heterocycles. The number of benzene rings is 2. The first kappa shape index (κ1) is 18.2. The molecule has 4 rings (SSSR count). The molecule has 2 atom stereocenters. The van der Waals surface area contributed by atoms with Crippen molar-refractivity contribution < 1.29 is 19.1 Å². The normalized spacial score (nSPS) is 19.0. The highest BCUT2D eigenvalue weighted by atomic mass is 19.1.